The number of carbonyl (C=O) groups excluding carboxylic acids is 4. The minimum atomic E-state index is -1.50. The Balaban J connectivity index is 1.48. The maximum absolute atomic E-state index is 15.3. The minimum Gasteiger partial charge on any atom is -0.460 e. The van der Waals surface area contributed by atoms with Crippen molar-refractivity contribution in [3.63, 3.8) is 0 Å². The molecule has 5 bridgehead atoms. The molecule has 12 heteroatoms. The summed E-state index contributed by atoms with van der Waals surface area (Å²) in [4.78, 5) is 61.8. The van der Waals surface area contributed by atoms with Crippen LogP contribution in [0.5, 0.6) is 0 Å². The number of likely N-dealkylation sites (tertiary alicyclic amines) is 1. The van der Waals surface area contributed by atoms with Gasteiger partial charge in [-0.25, -0.2) is 0 Å². The zero-order valence-corrected chi connectivity index (χ0v) is 30.3. The van der Waals surface area contributed by atoms with Gasteiger partial charge in [-0.05, 0) is 69.5 Å². The van der Waals surface area contributed by atoms with Crippen LogP contribution < -0.4 is 15.1 Å². The number of benzene rings is 2. The van der Waals surface area contributed by atoms with E-state index in [4.69, 9.17) is 9.47 Å². The Morgan fingerprint density at radius 2 is 1.74 bits per heavy atom. The van der Waals surface area contributed by atoms with Crippen LogP contribution in [0.2, 0.25) is 0 Å². The number of halogens is 1. The first kappa shape index (κ1) is 35.8. The Morgan fingerprint density at radius 1 is 1.02 bits per heavy atom. The number of aliphatic hydroxyl groups is 1. The second-order valence-corrected chi connectivity index (χ2v) is 14.2. The Morgan fingerprint density at radius 3 is 2.42 bits per heavy atom. The van der Waals surface area contributed by atoms with Crippen molar-refractivity contribution < 1.29 is 33.8 Å². The van der Waals surface area contributed by atoms with Crippen LogP contribution in [0.25, 0.3) is 0 Å². The van der Waals surface area contributed by atoms with Gasteiger partial charge in [-0.1, -0.05) is 58.4 Å². The summed E-state index contributed by atoms with van der Waals surface area (Å²) in [6.07, 6.45) is 4.93. The summed E-state index contributed by atoms with van der Waals surface area (Å²) >= 11 is 3.59. The molecule has 4 aliphatic heterocycles. The number of esters is 1. The molecule has 0 unspecified atom stereocenters. The van der Waals surface area contributed by atoms with Gasteiger partial charge in [0.2, 0.25) is 11.8 Å². The highest BCUT2D eigenvalue weighted by Crippen LogP contribution is 2.59. The molecule has 50 heavy (non-hydrogen) atoms. The van der Waals surface area contributed by atoms with Crippen molar-refractivity contribution in [1.29, 1.82) is 0 Å². The summed E-state index contributed by atoms with van der Waals surface area (Å²) in [5, 5.41) is 13.7. The van der Waals surface area contributed by atoms with E-state index >= 15 is 4.79 Å². The molecule has 4 heterocycles. The monoisotopic (exact) mass is 748 g/mol. The molecule has 2 saturated heterocycles. The number of nitrogens with zero attached hydrogens (tertiary/aromatic N) is 3. The van der Waals surface area contributed by atoms with E-state index < -0.39 is 66.1 Å². The molecule has 7 atom stereocenters. The summed E-state index contributed by atoms with van der Waals surface area (Å²) in [7, 11) is 0. The number of fused-ring (bicyclic) bond motifs is 2. The van der Waals surface area contributed by atoms with Crippen molar-refractivity contribution in [3.8, 4) is 0 Å². The highest BCUT2D eigenvalue weighted by atomic mass is 79.9. The first-order valence-corrected chi connectivity index (χ1v) is 18.2. The van der Waals surface area contributed by atoms with E-state index in [1.54, 1.807) is 17.9 Å². The van der Waals surface area contributed by atoms with Crippen molar-refractivity contribution in [2.45, 2.75) is 69.9 Å². The van der Waals surface area contributed by atoms with Crippen LogP contribution >= 0.6 is 15.9 Å². The lowest BCUT2D eigenvalue weighted by Crippen LogP contribution is -2.59. The van der Waals surface area contributed by atoms with Crippen molar-refractivity contribution in [2.24, 2.45) is 11.8 Å². The lowest BCUT2D eigenvalue weighted by atomic mass is 9.74. The van der Waals surface area contributed by atoms with Gasteiger partial charge in [-0.2, -0.15) is 0 Å². The molecule has 6 rings (SSSR count). The van der Waals surface area contributed by atoms with E-state index in [-0.39, 0.29) is 31.8 Å². The van der Waals surface area contributed by atoms with Crippen molar-refractivity contribution in [3.05, 3.63) is 82.9 Å². The third kappa shape index (κ3) is 6.60. The van der Waals surface area contributed by atoms with E-state index in [0.29, 0.717) is 16.6 Å². The summed E-state index contributed by atoms with van der Waals surface area (Å²) in [5.74, 6) is -3.81. The average Bonchev–Trinajstić information content (AvgIpc) is 3.71. The Labute approximate surface area is 301 Å². The van der Waals surface area contributed by atoms with Gasteiger partial charge in [0.1, 0.15) is 29.8 Å². The predicted octanol–water partition coefficient (Wildman–Crippen LogP) is 3.74. The van der Waals surface area contributed by atoms with Crippen LogP contribution in [0.15, 0.2) is 77.3 Å². The fourth-order valence-electron chi connectivity index (χ4n) is 7.82. The highest BCUT2D eigenvalue weighted by Gasteiger charge is 2.75. The van der Waals surface area contributed by atoms with Crippen LogP contribution in [0.4, 0.5) is 11.4 Å². The number of allylic oxidation sites excluding steroid dienone is 1. The largest absolute Gasteiger partial charge is 0.460 e. The molecule has 2 aromatic carbocycles. The third-order valence-electron chi connectivity index (χ3n) is 10.2. The zero-order chi connectivity index (χ0) is 35.6. The maximum Gasteiger partial charge on any atom is 0.313 e. The van der Waals surface area contributed by atoms with Gasteiger partial charge in [0, 0.05) is 41.9 Å². The van der Waals surface area contributed by atoms with Crippen LogP contribution in [-0.4, -0.2) is 96.4 Å². The summed E-state index contributed by atoms with van der Waals surface area (Å²) in [6, 6.07) is 15.2. The molecule has 266 valence electrons. The third-order valence-corrected chi connectivity index (χ3v) is 10.9. The van der Waals surface area contributed by atoms with Crippen LogP contribution in [-0.2, 0) is 35.1 Å². The van der Waals surface area contributed by atoms with Gasteiger partial charge in [0.15, 0.2) is 0 Å². The van der Waals surface area contributed by atoms with Crippen molar-refractivity contribution >= 4 is 51.0 Å². The number of rotatable bonds is 8. The van der Waals surface area contributed by atoms with Gasteiger partial charge in [0.25, 0.3) is 5.91 Å². The summed E-state index contributed by atoms with van der Waals surface area (Å²) in [6.45, 7) is 7.35. The Hall–Kier alpha value is -4.00. The van der Waals surface area contributed by atoms with Crippen molar-refractivity contribution in [1.82, 2.24) is 10.2 Å². The Bertz CT molecular complexity index is 1650. The normalized spacial score (nSPS) is 29.7. The minimum absolute atomic E-state index is 0.113. The quantitative estimate of drug-likeness (QED) is 0.309. The van der Waals surface area contributed by atoms with E-state index in [1.165, 1.54) is 4.90 Å². The maximum atomic E-state index is 15.3. The molecule has 4 aliphatic rings. The highest BCUT2D eigenvalue weighted by molar-refractivity contribution is 9.11. The molecule has 11 nitrogen and oxygen atoms in total. The molecule has 0 aromatic heterocycles. The van der Waals surface area contributed by atoms with E-state index in [1.807, 2.05) is 66.7 Å². The second kappa shape index (κ2) is 15.1. The summed E-state index contributed by atoms with van der Waals surface area (Å²) in [5.41, 5.74) is 1.01. The van der Waals surface area contributed by atoms with Gasteiger partial charge in [-0.3, -0.25) is 19.2 Å². The number of cyclic esters (lactones) is 1. The summed E-state index contributed by atoms with van der Waals surface area (Å²) < 4.78 is 13.0. The number of anilines is 2. The molecule has 2 N–H and O–H groups in total. The first-order chi connectivity index (χ1) is 24.1. The number of carbonyl (C=O) groups is 4. The standard InChI is InChI=1S/C38H45BrN4O7/c1-4-41(5-2)26-15-17-27(18-16-26)42-19-11-7-10-14-30(45)40-22-24(3)49-37(48)31-32-35(46)43(28(23-44)20-25-12-8-6-9-13-25)34(36(42)47)38(32)21-29(39)33(31)50-38/h6-9,11-13,15-18,21,24,28,31-34,44H,4-5,10,14,19-20,22-23H2,1-3H3,(H,40,45)/b11-7-/t24-,28+,31+,32-,33+,34+,38-/m0/s1. The SMILES string of the molecule is CCN(CC)c1ccc(N2C/C=C\CCC(=O)NC[C@H](C)OC(=O)[C@H]3[C@@H]4O[C@@]5(C=C4Br)[C@@H]3C(=O)N([C@@H](CO)Cc3ccccc3)[C@@H]5C2=O)cc1. The van der Waals surface area contributed by atoms with E-state index in [0.717, 1.165) is 24.3 Å². The average molecular weight is 750 g/mol. The zero-order valence-electron chi connectivity index (χ0n) is 28.7. The van der Waals surface area contributed by atoms with E-state index in [2.05, 4.69) is 40.0 Å². The molecule has 2 aromatic rings. The van der Waals surface area contributed by atoms with Gasteiger partial charge in [-0.15, -0.1) is 0 Å². The molecule has 3 amide bonds. The predicted molar refractivity (Wildman–Crippen MR) is 193 cm³/mol. The lowest BCUT2D eigenvalue weighted by molar-refractivity contribution is -0.159. The number of ether oxygens (including phenoxy) is 2. The van der Waals surface area contributed by atoms with Crippen molar-refractivity contribution in [2.75, 3.05) is 42.6 Å². The van der Waals surface area contributed by atoms with Gasteiger partial charge < -0.3 is 34.6 Å². The molecule has 1 spiro atoms. The number of hydrogen-bond donors (Lipinski definition) is 2. The fraction of sp³-hybridized carbons (Fsp3) is 0.474. The van der Waals surface area contributed by atoms with Crippen LogP contribution in [0.3, 0.4) is 0 Å². The molecule has 0 saturated carbocycles. The van der Waals surface area contributed by atoms with Gasteiger partial charge >= 0.3 is 5.97 Å². The van der Waals surface area contributed by atoms with Crippen LogP contribution in [0, 0.1) is 11.8 Å². The molecular weight excluding hydrogens is 704 g/mol. The van der Waals surface area contributed by atoms with E-state index in [9.17, 15) is 19.5 Å². The Kier molecular flexibility index (Phi) is 10.8. The second-order valence-electron chi connectivity index (χ2n) is 13.3. The number of nitrogens with one attached hydrogen (secondary N) is 1. The fourth-order valence-corrected chi connectivity index (χ4v) is 8.55. The molecule has 0 radical (unpaired) electrons. The first-order valence-electron chi connectivity index (χ1n) is 17.4. The smallest absolute Gasteiger partial charge is 0.313 e. The number of hydrogen-bond acceptors (Lipinski definition) is 8. The number of amides is 3. The molecule has 2 fully saturated rings. The molecular formula is C38H45BrN4O7. The van der Waals surface area contributed by atoms with Gasteiger partial charge in [0.05, 0.1) is 25.1 Å². The number of aliphatic hydroxyl groups excluding tert-OH is 1. The lowest BCUT2D eigenvalue weighted by Gasteiger charge is -2.39. The van der Waals surface area contributed by atoms with Crippen LogP contribution in [0.1, 0.15) is 39.2 Å². The topological polar surface area (TPSA) is 129 Å². The molecule has 0 aliphatic carbocycles.